The van der Waals surface area contributed by atoms with Gasteiger partial charge in [-0.15, -0.1) is 0 Å². The molecule has 1 aliphatic heterocycles. The number of nitrogens with one attached hydrogen (secondary N) is 1. The molecule has 3 heterocycles. The van der Waals surface area contributed by atoms with Crippen molar-refractivity contribution < 1.29 is 13.6 Å². The largest absolute Gasteiger partial charge is 0.367 e. The number of fused-ring (bicyclic) bond motifs is 1. The molecule has 2 aromatic heterocycles. The average Bonchev–Trinajstić information content (AvgIpc) is 3.19. The summed E-state index contributed by atoms with van der Waals surface area (Å²) in [6, 6.07) is 5.05. The van der Waals surface area contributed by atoms with E-state index in [4.69, 9.17) is 0 Å². The van der Waals surface area contributed by atoms with Crippen LogP contribution in [0.4, 0.5) is 20.3 Å². The maximum Gasteiger partial charge on any atom is 0.231 e. The van der Waals surface area contributed by atoms with Gasteiger partial charge in [-0.25, -0.2) is 13.8 Å². The number of anilines is 2. The first-order valence-corrected chi connectivity index (χ1v) is 10.1. The maximum atomic E-state index is 13.5. The maximum absolute atomic E-state index is 13.5. The molecule has 0 radical (unpaired) electrons. The van der Waals surface area contributed by atoms with Crippen molar-refractivity contribution in [1.82, 2.24) is 19.7 Å². The molecule has 162 valence electrons. The second kappa shape index (κ2) is 8.81. The molecule has 0 saturated heterocycles. The fraction of sp³-hybridized carbons (Fsp3) is 0.318. The molecule has 1 aromatic carbocycles. The minimum absolute atomic E-state index is 0.0964. The number of carbonyl (C=O) groups excluding carboxylic acids is 1. The summed E-state index contributed by atoms with van der Waals surface area (Å²) in [7, 11) is 4.02. The smallest absolute Gasteiger partial charge is 0.231 e. The Labute approximate surface area is 179 Å². The second-order valence-electron chi connectivity index (χ2n) is 7.81. The number of rotatable bonds is 6. The zero-order chi connectivity index (χ0) is 22.0. The van der Waals surface area contributed by atoms with Gasteiger partial charge in [0.1, 0.15) is 17.5 Å². The van der Waals surface area contributed by atoms with Gasteiger partial charge >= 0.3 is 0 Å². The first-order valence-electron chi connectivity index (χ1n) is 10.1. The van der Waals surface area contributed by atoms with E-state index < -0.39 is 11.6 Å². The number of aromatic nitrogens is 3. The van der Waals surface area contributed by atoms with Crippen molar-refractivity contribution in [3.63, 3.8) is 0 Å². The molecule has 7 nitrogen and oxygen atoms in total. The fourth-order valence-corrected chi connectivity index (χ4v) is 3.54. The van der Waals surface area contributed by atoms with E-state index in [2.05, 4.69) is 20.3 Å². The van der Waals surface area contributed by atoms with Crippen molar-refractivity contribution in [2.24, 2.45) is 0 Å². The highest BCUT2D eigenvalue weighted by Gasteiger charge is 2.24. The molecule has 0 bridgehead atoms. The zero-order valence-corrected chi connectivity index (χ0v) is 17.5. The number of halogens is 2. The van der Waals surface area contributed by atoms with E-state index in [1.807, 2.05) is 31.0 Å². The Kier molecular flexibility index (Phi) is 5.94. The van der Waals surface area contributed by atoms with E-state index in [0.717, 1.165) is 30.3 Å². The normalized spacial score (nSPS) is 13.3. The van der Waals surface area contributed by atoms with Gasteiger partial charge in [0, 0.05) is 49.2 Å². The lowest BCUT2D eigenvalue weighted by Gasteiger charge is -2.30. The average molecular weight is 426 g/mol. The molecular formula is C22H24F2N6O. The molecule has 1 amide bonds. The summed E-state index contributed by atoms with van der Waals surface area (Å²) in [5.74, 6) is -1.03. The number of amides is 1. The first-order chi connectivity index (χ1) is 14.9. The number of carbonyl (C=O) groups is 1. The van der Waals surface area contributed by atoms with Crippen LogP contribution in [0.3, 0.4) is 0 Å². The van der Waals surface area contributed by atoms with Crippen molar-refractivity contribution >= 4 is 17.4 Å². The predicted molar refractivity (Wildman–Crippen MR) is 115 cm³/mol. The highest BCUT2D eigenvalue weighted by molar-refractivity contribution is 5.98. The standard InChI is InChI=1S/C22H24F2N6O/c1-28(2)5-6-29-14-17(13-27-29)16-10-20-22(26-12-16)25-3-4-30(20)21(31)9-15-7-18(23)11-19(24)8-15/h7-8,10-14H,3-6,9H2,1-2H3,(H,25,26). The van der Waals surface area contributed by atoms with Crippen molar-refractivity contribution in [3.8, 4) is 11.1 Å². The van der Waals surface area contributed by atoms with Gasteiger partial charge in [0.15, 0.2) is 0 Å². The topological polar surface area (TPSA) is 66.3 Å². The van der Waals surface area contributed by atoms with Crippen molar-refractivity contribution in [1.29, 1.82) is 0 Å². The van der Waals surface area contributed by atoms with Crippen LogP contribution in [0.1, 0.15) is 5.56 Å². The third-order valence-corrected chi connectivity index (χ3v) is 5.11. The van der Waals surface area contributed by atoms with Crippen LogP contribution >= 0.6 is 0 Å². The van der Waals surface area contributed by atoms with Gasteiger partial charge in [-0.1, -0.05) is 0 Å². The summed E-state index contributed by atoms with van der Waals surface area (Å²) in [5.41, 5.74) is 2.69. The van der Waals surface area contributed by atoms with Gasteiger partial charge in [0.2, 0.25) is 5.91 Å². The molecule has 0 atom stereocenters. The fourth-order valence-electron chi connectivity index (χ4n) is 3.54. The lowest BCUT2D eigenvalue weighted by molar-refractivity contribution is -0.118. The molecule has 31 heavy (non-hydrogen) atoms. The van der Waals surface area contributed by atoms with E-state index in [9.17, 15) is 13.6 Å². The Morgan fingerprint density at radius 3 is 2.65 bits per heavy atom. The molecule has 1 aliphatic rings. The lowest BCUT2D eigenvalue weighted by Crippen LogP contribution is -2.40. The van der Waals surface area contributed by atoms with E-state index >= 15 is 0 Å². The van der Waals surface area contributed by atoms with Crippen molar-refractivity contribution in [3.05, 3.63) is 60.1 Å². The highest BCUT2D eigenvalue weighted by atomic mass is 19.1. The number of nitrogens with zero attached hydrogens (tertiary/aromatic N) is 5. The van der Waals surface area contributed by atoms with Crippen molar-refractivity contribution in [2.75, 3.05) is 43.9 Å². The van der Waals surface area contributed by atoms with E-state index in [1.165, 1.54) is 12.1 Å². The number of benzene rings is 1. The number of likely N-dealkylation sites (N-methyl/N-ethyl adjacent to an activating group) is 1. The van der Waals surface area contributed by atoms with Gasteiger partial charge in [0.25, 0.3) is 0 Å². The van der Waals surface area contributed by atoms with Crippen molar-refractivity contribution in [2.45, 2.75) is 13.0 Å². The van der Waals surface area contributed by atoms with Gasteiger partial charge in [-0.05, 0) is 37.9 Å². The van der Waals surface area contributed by atoms with E-state index in [0.29, 0.717) is 30.2 Å². The Hall–Kier alpha value is -3.33. The van der Waals surface area contributed by atoms with Crippen LogP contribution in [-0.4, -0.2) is 59.3 Å². The molecular weight excluding hydrogens is 402 g/mol. The first kappa shape index (κ1) is 20.9. The molecule has 0 unspecified atom stereocenters. The molecule has 9 heteroatoms. The third kappa shape index (κ3) is 4.88. The number of pyridine rings is 1. The quantitative estimate of drug-likeness (QED) is 0.657. The number of hydrogen-bond donors (Lipinski definition) is 1. The lowest BCUT2D eigenvalue weighted by atomic mass is 10.1. The summed E-state index contributed by atoms with van der Waals surface area (Å²) in [5, 5.41) is 7.59. The third-order valence-electron chi connectivity index (χ3n) is 5.11. The Balaban J connectivity index is 1.57. The van der Waals surface area contributed by atoms with Gasteiger partial charge in [-0.2, -0.15) is 5.10 Å². The van der Waals surface area contributed by atoms with Gasteiger partial charge in [-0.3, -0.25) is 9.48 Å². The van der Waals surface area contributed by atoms with Crippen LogP contribution in [0.15, 0.2) is 42.9 Å². The van der Waals surface area contributed by atoms with Crippen LogP contribution in [0.5, 0.6) is 0 Å². The van der Waals surface area contributed by atoms with Crippen LogP contribution in [0.2, 0.25) is 0 Å². The monoisotopic (exact) mass is 426 g/mol. The van der Waals surface area contributed by atoms with Crippen LogP contribution in [0.25, 0.3) is 11.1 Å². The molecule has 3 aromatic rings. The van der Waals surface area contributed by atoms with Crippen LogP contribution in [0, 0.1) is 11.6 Å². The van der Waals surface area contributed by atoms with Crippen LogP contribution in [-0.2, 0) is 17.8 Å². The predicted octanol–water partition coefficient (Wildman–Crippen LogP) is 2.79. The molecule has 4 rings (SSSR count). The summed E-state index contributed by atoms with van der Waals surface area (Å²) in [6.07, 6.45) is 5.37. The second-order valence-corrected chi connectivity index (χ2v) is 7.81. The van der Waals surface area contributed by atoms with Gasteiger partial charge < -0.3 is 15.1 Å². The molecule has 1 N–H and O–H groups in total. The summed E-state index contributed by atoms with van der Waals surface area (Å²) >= 11 is 0. The summed E-state index contributed by atoms with van der Waals surface area (Å²) < 4.78 is 28.9. The molecule has 0 aliphatic carbocycles. The minimum atomic E-state index is -0.696. The Morgan fingerprint density at radius 2 is 1.90 bits per heavy atom. The van der Waals surface area contributed by atoms with E-state index in [-0.39, 0.29) is 12.3 Å². The Morgan fingerprint density at radius 1 is 1.13 bits per heavy atom. The molecule has 0 spiro atoms. The molecule has 0 fully saturated rings. The number of hydrogen-bond acceptors (Lipinski definition) is 5. The Bertz CT molecular complexity index is 1080. The van der Waals surface area contributed by atoms with Gasteiger partial charge in [0.05, 0.1) is 24.8 Å². The SMILES string of the molecule is CN(C)CCn1cc(-c2cnc3c(c2)N(C(=O)Cc2cc(F)cc(F)c2)CCN3)cn1. The molecule has 0 saturated carbocycles. The summed E-state index contributed by atoms with van der Waals surface area (Å²) in [4.78, 5) is 21.1. The van der Waals surface area contributed by atoms with Crippen LogP contribution < -0.4 is 10.2 Å². The zero-order valence-electron chi connectivity index (χ0n) is 17.5. The highest BCUT2D eigenvalue weighted by Crippen LogP contribution is 2.32. The minimum Gasteiger partial charge on any atom is -0.367 e. The summed E-state index contributed by atoms with van der Waals surface area (Å²) in [6.45, 7) is 2.63. The van der Waals surface area contributed by atoms with E-state index in [1.54, 1.807) is 17.3 Å².